The number of hydrogen-bond acceptors (Lipinski definition) is 6. The number of carbonyl (C=O) groups is 1. The zero-order valence-corrected chi connectivity index (χ0v) is 15.7. The maximum absolute atomic E-state index is 12.0. The summed E-state index contributed by atoms with van der Waals surface area (Å²) in [4.78, 5) is 37.4. The molecule has 2 aromatic carbocycles. The molecule has 27 heavy (non-hydrogen) atoms. The summed E-state index contributed by atoms with van der Waals surface area (Å²) < 4.78 is 5.01. The number of hydrogen-bond donors (Lipinski definition) is 2. The van der Waals surface area contributed by atoms with Crippen LogP contribution in [0.3, 0.4) is 0 Å². The number of carbonyl (C=O) groups excluding carboxylic acids is 1. The zero-order chi connectivity index (χ0) is 19.4. The van der Waals surface area contributed by atoms with Gasteiger partial charge in [-0.1, -0.05) is 19.1 Å². The first kappa shape index (κ1) is 18.9. The van der Waals surface area contributed by atoms with Crippen LogP contribution in [0.1, 0.15) is 32.3 Å². The summed E-state index contributed by atoms with van der Waals surface area (Å²) in [5.74, 6) is 0. The Kier molecular flexibility index (Phi) is 5.78. The summed E-state index contributed by atoms with van der Waals surface area (Å²) in [6, 6.07) is 7.83. The van der Waals surface area contributed by atoms with Gasteiger partial charge in [-0.15, -0.1) is 0 Å². The third-order valence-electron chi connectivity index (χ3n) is 4.91. The van der Waals surface area contributed by atoms with E-state index in [2.05, 4.69) is 17.6 Å². The molecule has 2 aromatic rings. The largest absolute Gasteiger partial charge is 0.450 e. The predicted octanol–water partition coefficient (Wildman–Crippen LogP) is 2.62. The lowest BCUT2D eigenvalue weighted by Gasteiger charge is -2.32. The van der Waals surface area contributed by atoms with Crippen molar-refractivity contribution in [2.24, 2.45) is 0 Å². The molecule has 1 saturated heterocycles. The second-order valence-corrected chi connectivity index (χ2v) is 6.69. The summed E-state index contributed by atoms with van der Waals surface area (Å²) in [6.07, 6.45) is 2.03. The molecule has 0 spiro atoms. The lowest BCUT2D eigenvalue weighted by molar-refractivity contribution is 0.0983. The van der Waals surface area contributed by atoms with Crippen molar-refractivity contribution in [2.75, 3.05) is 30.3 Å². The first-order chi connectivity index (χ1) is 13.0. The monoisotopic (exact) mass is 371 g/mol. The van der Waals surface area contributed by atoms with Crippen molar-refractivity contribution in [3.8, 4) is 0 Å². The summed E-state index contributed by atoms with van der Waals surface area (Å²) in [5.41, 5.74) is 1.65. The van der Waals surface area contributed by atoms with Crippen molar-refractivity contribution in [3.05, 3.63) is 50.3 Å². The zero-order valence-electron chi connectivity index (χ0n) is 15.7. The molecular formula is C20H25N3O4. The highest BCUT2D eigenvalue weighted by molar-refractivity contribution is 5.79. The number of ether oxygens (including phenoxy) is 1. The molecule has 2 N–H and O–H groups in total. The third kappa shape index (κ3) is 4.13. The summed E-state index contributed by atoms with van der Waals surface area (Å²) in [6.45, 7) is 5.34. The highest BCUT2D eigenvalue weighted by Crippen LogP contribution is 2.24. The van der Waals surface area contributed by atoms with E-state index in [-0.39, 0.29) is 12.1 Å². The Morgan fingerprint density at radius 3 is 2.30 bits per heavy atom. The Morgan fingerprint density at radius 2 is 1.70 bits per heavy atom. The van der Waals surface area contributed by atoms with Gasteiger partial charge < -0.3 is 20.3 Å². The number of aryl methyl sites for hydroxylation is 1. The van der Waals surface area contributed by atoms with Crippen molar-refractivity contribution < 1.29 is 9.53 Å². The number of rotatable bonds is 6. The molecule has 1 amide bonds. The Morgan fingerprint density at radius 1 is 1.07 bits per heavy atom. The Bertz CT molecular complexity index is 860. The second kappa shape index (κ2) is 8.24. The molecule has 7 nitrogen and oxygen atoms in total. The standard InChI is InChI=1S/C20H25N3O4/c1-3-13-5-7-14(8-6-13)21-16-17(19(25)18(16)24)22-15-9-11-23(12-10-15)20(26)27-4-2/h5-8,15,21-22H,3-4,9-12H2,1-2H3. The van der Waals surface area contributed by atoms with Crippen LogP contribution in [-0.4, -0.2) is 36.7 Å². The highest BCUT2D eigenvalue weighted by atomic mass is 16.6. The number of amides is 1. The molecule has 0 saturated carbocycles. The normalized spacial score (nSPS) is 15.0. The fourth-order valence-electron chi connectivity index (χ4n) is 3.24. The number of nitrogens with one attached hydrogen (secondary N) is 2. The molecule has 1 fully saturated rings. The van der Waals surface area contributed by atoms with Crippen molar-refractivity contribution >= 4 is 23.2 Å². The SMILES string of the molecule is CCOC(=O)N1CCC(Nc2c(Nc3ccc(CC)cc3)c(=O)c2=O)CC1. The maximum atomic E-state index is 12.0. The van der Waals surface area contributed by atoms with Crippen molar-refractivity contribution in [1.82, 2.24) is 4.90 Å². The Hall–Kier alpha value is -2.83. The molecule has 0 unspecified atom stereocenters. The molecule has 1 aliphatic rings. The smallest absolute Gasteiger partial charge is 0.409 e. The molecule has 144 valence electrons. The predicted molar refractivity (Wildman–Crippen MR) is 106 cm³/mol. The van der Waals surface area contributed by atoms with Crippen molar-refractivity contribution in [3.63, 3.8) is 0 Å². The quantitative estimate of drug-likeness (QED) is 0.759. The minimum absolute atomic E-state index is 0.0435. The van der Waals surface area contributed by atoms with Gasteiger partial charge in [0.2, 0.25) is 0 Å². The molecule has 1 heterocycles. The van der Waals surface area contributed by atoms with Gasteiger partial charge in [0, 0.05) is 24.8 Å². The van der Waals surface area contributed by atoms with Gasteiger partial charge in [0.1, 0.15) is 11.4 Å². The van der Waals surface area contributed by atoms with Crippen LogP contribution in [0.5, 0.6) is 0 Å². The van der Waals surface area contributed by atoms with Crippen LogP contribution in [0.15, 0.2) is 33.9 Å². The van der Waals surface area contributed by atoms with E-state index in [0.29, 0.717) is 43.9 Å². The van der Waals surface area contributed by atoms with Gasteiger partial charge in [-0.2, -0.15) is 0 Å². The van der Waals surface area contributed by atoms with E-state index in [1.807, 2.05) is 24.3 Å². The summed E-state index contributed by atoms with van der Waals surface area (Å²) in [5, 5.41) is 6.24. The van der Waals surface area contributed by atoms with Gasteiger partial charge in [-0.3, -0.25) is 9.59 Å². The number of nitrogens with zero attached hydrogens (tertiary/aromatic N) is 1. The molecule has 1 aliphatic heterocycles. The summed E-state index contributed by atoms with van der Waals surface area (Å²) >= 11 is 0. The van der Waals surface area contributed by atoms with Gasteiger partial charge in [0.25, 0.3) is 10.9 Å². The van der Waals surface area contributed by atoms with E-state index in [4.69, 9.17) is 4.74 Å². The van der Waals surface area contributed by atoms with Gasteiger partial charge >= 0.3 is 6.09 Å². The molecule has 0 atom stereocenters. The van der Waals surface area contributed by atoms with Gasteiger partial charge in [0.05, 0.1) is 6.61 Å². The van der Waals surface area contributed by atoms with Crippen molar-refractivity contribution in [1.29, 1.82) is 0 Å². The van der Waals surface area contributed by atoms with E-state index in [1.54, 1.807) is 11.8 Å². The average Bonchev–Trinajstić information content (AvgIpc) is 2.71. The van der Waals surface area contributed by atoms with Crippen LogP contribution in [-0.2, 0) is 11.2 Å². The Balaban J connectivity index is 1.62. The molecule has 3 rings (SSSR count). The number of likely N-dealkylation sites (tertiary alicyclic amines) is 1. The van der Waals surface area contributed by atoms with E-state index in [9.17, 15) is 14.4 Å². The number of anilines is 3. The summed E-state index contributed by atoms with van der Waals surface area (Å²) in [7, 11) is 0. The average molecular weight is 371 g/mol. The lowest BCUT2D eigenvalue weighted by Crippen LogP contribution is -2.45. The minimum Gasteiger partial charge on any atom is -0.450 e. The van der Waals surface area contributed by atoms with E-state index in [0.717, 1.165) is 12.1 Å². The van der Waals surface area contributed by atoms with Crippen LogP contribution < -0.4 is 21.5 Å². The first-order valence-electron chi connectivity index (χ1n) is 9.41. The van der Waals surface area contributed by atoms with Gasteiger partial charge in [0.15, 0.2) is 0 Å². The fraction of sp³-hybridized carbons (Fsp3) is 0.450. The van der Waals surface area contributed by atoms with Crippen LogP contribution in [0, 0.1) is 0 Å². The van der Waals surface area contributed by atoms with Gasteiger partial charge in [-0.05, 0) is 43.9 Å². The van der Waals surface area contributed by atoms with Crippen LogP contribution >= 0.6 is 0 Å². The van der Waals surface area contributed by atoms with Gasteiger partial charge in [-0.25, -0.2) is 4.79 Å². The van der Waals surface area contributed by atoms with E-state index in [1.165, 1.54) is 5.56 Å². The molecule has 0 aromatic heterocycles. The van der Waals surface area contributed by atoms with E-state index < -0.39 is 10.9 Å². The third-order valence-corrected chi connectivity index (χ3v) is 4.91. The molecule has 0 aliphatic carbocycles. The molecular weight excluding hydrogens is 346 g/mol. The Labute approximate surface area is 158 Å². The highest BCUT2D eigenvalue weighted by Gasteiger charge is 2.27. The topological polar surface area (TPSA) is 87.7 Å². The second-order valence-electron chi connectivity index (χ2n) is 6.69. The van der Waals surface area contributed by atoms with Crippen molar-refractivity contribution in [2.45, 2.75) is 39.2 Å². The van der Waals surface area contributed by atoms with Crippen LogP contribution in [0.4, 0.5) is 21.9 Å². The number of benzene rings is 1. The molecule has 0 radical (unpaired) electrons. The first-order valence-corrected chi connectivity index (χ1v) is 9.41. The maximum Gasteiger partial charge on any atom is 0.409 e. The van der Waals surface area contributed by atoms with Crippen LogP contribution in [0.25, 0.3) is 0 Å². The minimum atomic E-state index is -0.499. The van der Waals surface area contributed by atoms with Crippen LogP contribution in [0.2, 0.25) is 0 Å². The molecule has 0 bridgehead atoms. The van der Waals surface area contributed by atoms with E-state index >= 15 is 0 Å². The number of piperidine rings is 1. The fourth-order valence-corrected chi connectivity index (χ4v) is 3.24. The lowest BCUT2D eigenvalue weighted by atomic mass is 10.0. The molecule has 7 heteroatoms.